The third kappa shape index (κ3) is 3.66. The molecule has 0 unspecified atom stereocenters. The highest BCUT2D eigenvalue weighted by molar-refractivity contribution is 5.81. The van der Waals surface area contributed by atoms with Gasteiger partial charge in [0.15, 0.2) is 5.82 Å². The standard InChI is InChI=1S/C19H15F2N7/c20-17(21)12-27-6-5-18(26-27)25-19-7-16-15(9-23-19)10-24-28(16)11-14-4-2-1-3-13(14)8-22/h1-7,9-10,17H,11-12H2,(H,23,25,26). The molecule has 0 saturated carbocycles. The maximum Gasteiger partial charge on any atom is 0.257 e. The van der Waals surface area contributed by atoms with Gasteiger partial charge in [-0.25, -0.2) is 13.8 Å². The number of aromatic nitrogens is 5. The summed E-state index contributed by atoms with van der Waals surface area (Å²) in [5.74, 6) is 0.943. The van der Waals surface area contributed by atoms with Crippen LogP contribution in [0.3, 0.4) is 0 Å². The summed E-state index contributed by atoms with van der Waals surface area (Å²) in [6.07, 6.45) is 2.40. The van der Waals surface area contributed by atoms with E-state index >= 15 is 0 Å². The Labute approximate surface area is 158 Å². The number of alkyl halides is 2. The molecule has 3 heterocycles. The van der Waals surface area contributed by atoms with Gasteiger partial charge >= 0.3 is 0 Å². The molecule has 0 bridgehead atoms. The van der Waals surface area contributed by atoms with Gasteiger partial charge in [0, 0.05) is 29.9 Å². The number of fused-ring (bicyclic) bond motifs is 1. The first kappa shape index (κ1) is 17.6. The van der Waals surface area contributed by atoms with Gasteiger partial charge < -0.3 is 5.32 Å². The number of pyridine rings is 1. The third-order valence-corrected chi connectivity index (χ3v) is 4.21. The summed E-state index contributed by atoms with van der Waals surface area (Å²) < 4.78 is 27.9. The van der Waals surface area contributed by atoms with Gasteiger partial charge in [0.2, 0.25) is 0 Å². The molecule has 4 aromatic rings. The van der Waals surface area contributed by atoms with E-state index < -0.39 is 13.0 Å². The number of hydrogen-bond acceptors (Lipinski definition) is 5. The number of benzene rings is 1. The number of halogens is 2. The molecular weight excluding hydrogens is 364 g/mol. The van der Waals surface area contributed by atoms with E-state index in [-0.39, 0.29) is 0 Å². The van der Waals surface area contributed by atoms with Crippen LogP contribution in [0, 0.1) is 11.3 Å². The van der Waals surface area contributed by atoms with Gasteiger partial charge in [-0.2, -0.15) is 15.5 Å². The predicted octanol–water partition coefficient (Wildman–Crippen LogP) is 3.56. The fourth-order valence-corrected chi connectivity index (χ4v) is 2.90. The summed E-state index contributed by atoms with van der Waals surface area (Å²) in [5, 5.41) is 21.6. The summed E-state index contributed by atoms with van der Waals surface area (Å²) in [5.41, 5.74) is 2.30. The molecule has 0 aliphatic rings. The highest BCUT2D eigenvalue weighted by atomic mass is 19.3. The third-order valence-electron chi connectivity index (χ3n) is 4.21. The van der Waals surface area contributed by atoms with E-state index in [0.717, 1.165) is 16.5 Å². The molecule has 7 nitrogen and oxygen atoms in total. The first-order valence-electron chi connectivity index (χ1n) is 8.50. The van der Waals surface area contributed by atoms with Gasteiger partial charge in [0.1, 0.15) is 12.4 Å². The van der Waals surface area contributed by atoms with Crippen molar-refractivity contribution in [2.45, 2.75) is 19.5 Å². The molecule has 0 saturated heterocycles. The fourth-order valence-electron chi connectivity index (χ4n) is 2.90. The van der Waals surface area contributed by atoms with Crippen molar-refractivity contribution in [2.75, 3.05) is 5.32 Å². The zero-order chi connectivity index (χ0) is 19.5. The average Bonchev–Trinajstić information content (AvgIpc) is 3.28. The molecule has 140 valence electrons. The lowest BCUT2D eigenvalue weighted by Gasteiger charge is -2.07. The number of rotatable bonds is 6. The second-order valence-electron chi connectivity index (χ2n) is 6.14. The van der Waals surface area contributed by atoms with E-state index in [4.69, 9.17) is 0 Å². The van der Waals surface area contributed by atoms with Crippen molar-refractivity contribution in [1.82, 2.24) is 24.5 Å². The van der Waals surface area contributed by atoms with Crippen molar-refractivity contribution in [3.8, 4) is 6.07 Å². The lowest BCUT2D eigenvalue weighted by atomic mass is 10.1. The van der Waals surface area contributed by atoms with Crippen molar-refractivity contribution in [3.05, 3.63) is 66.1 Å². The maximum atomic E-state index is 12.4. The van der Waals surface area contributed by atoms with Crippen molar-refractivity contribution in [1.29, 1.82) is 5.26 Å². The summed E-state index contributed by atoms with van der Waals surface area (Å²) >= 11 is 0. The van der Waals surface area contributed by atoms with Crippen LogP contribution in [0.1, 0.15) is 11.1 Å². The number of hydrogen-bond donors (Lipinski definition) is 1. The Morgan fingerprint density at radius 3 is 2.82 bits per heavy atom. The van der Waals surface area contributed by atoms with Crippen molar-refractivity contribution in [2.24, 2.45) is 0 Å². The Morgan fingerprint density at radius 1 is 1.14 bits per heavy atom. The van der Waals surface area contributed by atoms with Crippen LogP contribution in [-0.2, 0) is 13.1 Å². The van der Waals surface area contributed by atoms with Crippen LogP contribution < -0.4 is 5.32 Å². The summed E-state index contributed by atoms with van der Waals surface area (Å²) in [4.78, 5) is 4.31. The highest BCUT2D eigenvalue weighted by Gasteiger charge is 2.10. The first-order valence-corrected chi connectivity index (χ1v) is 8.50. The Balaban J connectivity index is 1.59. The molecule has 28 heavy (non-hydrogen) atoms. The molecule has 0 spiro atoms. The lowest BCUT2D eigenvalue weighted by Crippen LogP contribution is -2.07. The van der Waals surface area contributed by atoms with Crippen molar-refractivity contribution in [3.63, 3.8) is 0 Å². The summed E-state index contributed by atoms with van der Waals surface area (Å²) in [7, 11) is 0. The highest BCUT2D eigenvalue weighted by Crippen LogP contribution is 2.21. The van der Waals surface area contributed by atoms with Gasteiger partial charge in [-0.1, -0.05) is 18.2 Å². The Bertz CT molecular complexity index is 1160. The van der Waals surface area contributed by atoms with E-state index in [0.29, 0.717) is 23.7 Å². The quantitative estimate of drug-likeness (QED) is 0.554. The summed E-state index contributed by atoms with van der Waals surface area (Å²) in [6.45, 7) is -0.0150. The topological polar surface area (TPSA) is 84.4 Å². The second-order valence-corrected chi connectivity index (χ2v) is 6.14. The van der Waals surface area contributed by atoms with Crippen LogP contribution in [0.25, 0.3) is 10.9 Å². The van der Waals surface area contributed by atoms with Gasteiger partial charge in [-0.05, 0) is 11.6 Å². The Hall–Kier alpha value is -3.80. The second kappa shape index (κ2) is 7.44. The molecule has 0 fully saturated rings. The monoisotopic (exact) mass is 379 g/mol. The molecule has 9 heteroatoms. The fraction of sp³-hybridized carbons (Fsp3) is 0.158. The van der Waals surface area contributed by atoms with Gasteiger partial charge in [-0.3, -0.25) is 9.36 Å². The van der Waals surface area contributed by atoms with Crippen LogP contribution in [0.15, 0.2) is 55.0 Å². The number of nitriles is 1. The molecule has 0 radical (unpaired) electrons. The molecule has 3 aromatic heterocycles. The van der Waals surface area contributed by atoms with E-state index in [1.807, 2.05) is 24.3 Å². The zero-order valence-electron chi connectivity index (χ0n) is 14.6. The first-order chi connectivity index (χ1) is 13.6. The van der Waals surface area contributed by atoms with Crippen LogP contribution in [-0.4, -0.2) is 31.0 Å². The largest absolute Gasteiger partial charge is 0.323 e. The Kier molecular flexibility index (Phi) is 4.68. The molecule has 0 aliphatic carbocycles. The smallest absolute Gasteiger partial charge is 0.257 e. The maximum absolute atomic E-state index is 12.4. The van der Waals surface area contributed by atoms with E-state index in [1.54, 1.807) is 29.2 Å². The molecule has 0 atom stereocenters. The van der Waals surface area contributed by atoms with Gasteiger partial charge in [0.25, 0.3) is 6.43 Å². The summed E-state index contributed by atoms with van der Waals surface area (Å²) in [6, 6.07) is 13.0. The number of nitrogens with one attached hydrogen (secondary N) is 1. The minimum Gasteiger partial charge on any atom is -0.323 e. The average molecular weight is 379 g/mol. The van der Waals surface area contributed by atoms with Crippen molar-refractivity contribution >= 4 is 22.5 Å². The zero-order valence-corrected chi connectivity index (χ0v) is 14.6. The minimum atomic E-state index is -2.46. The van der Waals surface area contributed by atoms with E-state index in [1.165, 1.54) is 10.9 Å². The van der Waals surface area contributed by atoms with Crippen LogP contribution in [0.2, 0.25) is 0 Å². The number of nitrogens with zero attached hydrogens (tertiary/aromatic N) is 6. The lowest BCUT2D eigenvalue weighted by molar-refractivity contribution is 0.122. The molecule has 1 N–H and O–H groups in total. The molecule has 1 aromatic carbocycles. The van der Waals surface area contributed by atoms with Gasteiger partial charge in [0.05, 0.1) is 29.9 Å². The van der Waals surface area contributed by atoms with E-state index in [9.17, 15) is 14.0 Å². The molecule has 0 amide bonds. The predicted molar refractivity (Wildman–Crippen MR) is 99.3 cm³/mol. The molecular formula is C19H15F2N7. The van der Waals surface area contributed by atoms with Crippen molar-refractivity contribution < 1.29 is 8.78 Å². The van der Waals surface area contributed by atoms with E-state index in [2.05, 4.69) is 26.6 Å². The van der Waals surface area contributed by atoms with Crippen LogP contribution >= 0.6 is 0 Å². The molecule has 4 rings (SSSR count). The van der Waals surface area contributed by atoms with Crippen LogP contribution in [0.4, 0.5) is 20.4 Å². The Morgan fingerprint density at radius 2 is 2.00 bits per heavy atom. The minimum absolute atomic E-state index is 0.424. The SMILES string of the molecule is N#Cc1ccccc1Cn1ncc2cnc(Nc3ccn(CC(F)F)n3)cc21. The number of anilines is 2. The molecule has 0 aliphatic heterocycles. The normalized spacial score (nSPS) is 11.1. The van der Waals surface area contributed by atoms with Crippen LogP contribution in [0.5, 0.6) is 0 Å². The van der Waals surface area contributed by atoms with Gasteiger partial charge in [-0.15, -0.1) is 0 Å².